The first kappa shape index (κ1) is 21.7. The second-order valence-corrected chi connectivity index (χ2v) is 13.6. The number of ether oxygens (including phenoxy) is 2. The lowest BCUT2D eigenvalue weighted by Gasteiger charge is -2.72. The molecular formula is C29H40NO4+. The number of rotatable bonds is 3. The molecule has 34 heavy (non-hydrogen) atoms. The fourth-order valence-corrected chi connectivity index (χ4v) is 9.37. The number of nitrogens with zero attached hydrogens (tertiary/aromatic N) is 1. The van der Waals surface area contributed by atoms with Crippen LogP contribution in [0.4, 0.5) is 0 Å². The number of methoxy groups -OCH3 is 1. The molecule has 2 N–H and O–H groups in total. The Morgan fingerprint density at radius 2 is 1.91 bits per heavy atom. The van der Waals surface area contributed by atoms with Gasteiger partial charge in [0.15, 0.2) is 17.5 Å². The number of hydrogen-bond donors (Lipinski definition) is 2. The Morgan fingerprint density at radius 1 is 1.15 bits per heavy atom. The second-order valence-electron chi connectivity index (χ2n) is 13.6. The first-order valence-corrected chi connectivity index (χ1v) is 13.4. The van der Waals surface area contributed by atoms with Gasteiger partial charge in [-0.3, -0.25) is 0 Å². The molecule has 0 amide bonds. The summed E-state index contributed by atoms with van der Waals surface area (Å²) >= 11 is 0. The molecule has 5 aliphatic carbocycles. The predicted molar refractivity (Wildman–Crippen MR) is 130 cm³/mol. The molecule has 1 saturated heterocycles. The molecule has 4 saturated carbocycles. The van der Waals surface area contributed by atoms with E-state index in [9.17, 15) is 10.2 Å². The van der Waals surface area contributed by atoms with Crippen LogP contribution in [-0.2, 0) is 16.6 Å². The van der Waals surface area contributed by atoms with E-state index in [4.69, 9.17) is 9.47 Å². The summed E-state index contributed by atoms with van der Waals surface area (Å²) in [6, 6.07) is 4.38. The van der Waals surface area contributed by atoms with Crippen LogP contribution < -0.4 is 4.74 Å². The molecule has 7 atom stereocenters. The van der Waals surface area contributed by atoms with Crippen LogP contribution in [0.25, 0.3) is 0 Å². The van der Waals surface area contributed by atoms with Gasteiger partial charge in [0.05, 0.1) is 11.0 Å². The molecule has 4 bridgehead atoms. The highest BCUT2D eigenvalue weighted by Gasteiger charge is 2.84. The van der Waals surface area contributed by atoms with Crippen LogP contribution in [0.15, 0.2) is 12.1 Å². The van der Waals surface area contributed by atoms with E-state index in [1.807, 2.05) is 20.1 Å². The molecule has 5 fully saturated rings. The summed E-state index contributed by atoms with van der Waals surface area (Å²) in [7, 11) is 1.82. The van der Waals surface area contributed by atoms with Crippen LogP contribution in [0.2, 0.25) is 0 Å². The molecule has 2 heterocycles. The van der Waals surface area contributed by atoms with Crippen molar-refractivity contribution < 1.29 is 24.3 Å². The van der Waals surface area contributed by atoms with E-state index in [2.05, 4.69) is 37.6 Å². The molecular weight excluding hydrogens is 426 g/mol. The number of benzene rings is 1. The molecule has 0 radical (unpaired) electrons. The molecule has 1 aromatic carbocycles. The van der Waals surface area contributed by atoms with Crippen molar-refractivity contribution in [3.63, 3.8) is 0 Å². The number of aliphatic hydroxyl groups is 1. The number of piperidine rings is 1. The Labute approximate surface area is 203 Å². The number of phenolic OH excluding ortho intramolecular Hbond substituents is 1. The van der Waals surface area contributed by atoms with Gasteiger partial charge in [-0.1, -0.05) is 26.8 Å². The van der Waals surface area contributed by atoms with Crippen molar-refractivity contribution in [3.05, 3.63) is 23.3 Å². The summed E-state index contributed by atoms with van der Waals surface area (Å²) in [6.07, 6.45) is 9.94. The van der Waals surface area contributed by atoms with Crippen molar-refractivity contribution in [2.75, 3.05) is 13.7 Å². The van der Waals surface area contributed by atoms with Gasteiger partial charge in [-0.25, -0.2) is 4.58 Å². The topological polar surface area (TPSA) is 61.9 Å². The van der Waals surface area contributed by atoms with Gasteiger partial charge in [0, 0.05) is 42.8 Å². The maximum absolute atomic E-state index is 12.2. The SMILES string of the molecule is CO[C@]12CC[C@@]3(C[C@@H]1C(C)(O)C(C)(C)C)C1Cc4ccc(O)c5c4[C@@]3(CC[N+]1=CC1CC1)[C@H]2O5. The fourth-order valence-electron chi connectivity index (χ4n) is 9.37. The van der Waals surface area contributed by atoms with Crippen LogP contribution in [-0.4, -0.2) is 58.0 Å². The van der Waals surface area contributed by atoms with Gasteiger partial charge in [0.25, 0.3) is 0 Å². The van der Waals surface area contributed by atoms with Crippen molar-refractivity contribution >= 4 is 6.21 Å². The molecule has 5 heteroatoms. The third kappa shape index (κ3) is 2.20. The lowest BCUT2D eigenvalue weighted by Crippen LogP contribution is -2.82. The highest BCUT2D eigenvalue weighted by molar-refractivity contribution is 5.64. The molecule has 7 aliphatic rings. The van der Waals surface area contributed by atoms with Gasteiger partial charge in [-0.05, 0) is 56.1 Å². The maximum Gasteiger partial charge on any atom is 0.165 e. The molecule has 1 aromatic rings. The fraction of sp³-hybridized carbons (Fsp3) is 0.759. The first-order valence-electron chi connectivity index (χ1n) is 13.4. The highest BCUT2D eigenvalue weighted by Crippen LogP contribution is 2.77. The Balaban J connectivity index is 1.51. The minimum absolute atomic E-state index is 0.00748. The maximum atomic E-state index is 12.2. The molecule has 2 aliphatic heterocycles. The third-order valence-electron chi connectivity index (χ3n) is 11.6. The standard InChI is InChI=1S/C29H39NO4/c1-25(2,3)26(4,32)20-15-27-10-11-29(20,33-5)24-28(27)12-13-30(16-17-6-7-17)21(27)14-18-8-9-19(31)23(34-24)22(18)28/h8-9,16-17,20-21,24,32H,6-7,10-15H2,1-5H3/p+1/t20-,21?,24-,26?,27-,28+,29-/m1/s1. The monoisotopic (exact) mass is 466 g/mol. The Kier molecular flexibility index (Phi) is 3.96. The molecule has 8 rings (SSSR count). The van der Waals surface area contributed by atoms with Gasteiger partial charge in [-0.2, -0.15) is 0 Å². The number of phenols is 1. The minimum Gasteiger partial charge on any atom is -0.504 e. The van der Waals surface area contributed by atoms with Gasteiger partial charge in [0.1, 0.15) is 24.5 Å². The van der Waals surface area contributed by atoms with Gasteiger partial charge < -0.3 is 19.7 Å². The van der Waals surface area contributed by atoms with Crippen molar-refractivity contribution in [2.24, 2.45) is 22.7 Å². The Morgan fingerprint density at radius 3 is 2.59 bits per heavy atom. The van der Waals surface area contributed by atoms with Crippen LogP contribution in [0.3, 0.4) is 0 Å². The van der Waals surface area contributed by atoms with E-state index in [-0.39, 0.29) is 34.0 Å². The van der Waals surface area contributed by atoms with Crippen LogP contribution >= 0.6 is 0 Å². The van der Waals surface area contributed by atoms with Gasteiger partial charge >= 0.3 is 0 Å². The first-order chi connectivity index (χ1) is 16.0. The number of hydrogen-bond acceptors (Lipinski definition) is 4. The van der Waals surface area contributed by atoms with E-state index in [1.165, 1.54) is 24.0 Å². The zero-order valence-corrected chi connectivity index (χ0v) is 21.4. The Bertz CT molecular complexity index is 1110. The second kappa shape index (κ2) is 6.21. The largest absolute Gasteiger partial charge is 0.504 e. The molecule has 0 aromatic heterocycles. The Hall–Kier alpha value is -1.59. The van der Waals surface area contributed by atoms with E-state index in [0.29, 0.717) is 11.8 Å². The quantitative estimate of drug-likeness (QED) is 0.656. The summed E-state index contributed by atoms with van der Waals surface area (Å²) in [5.41, 5.74) is 0.669. The van der Waals surface area contributed by atoms with E-state index >= 15 is 0 Å². The van der Waals surface area contributed by atoms with E-state index < -0.39 is 11.2 Å². The zero-order valence-electron chi connectivity index (χ0n) is 21.4. The normalized spacial score (nSPS) is 44.5. The average Bonchev–Trinajstić information content (AvgIpc) is 3.53. The molecule has 2 unspecified atom stereocenters. The average molecular weight is 467 g/mol. The zero-order chi connectivity index (χ0) is 23.9. The predicted octanol–water partition coefficient (Wildman–Crippen LogP) is 4.20. The van der Waals surface area contributed by atoms with Crippen molar-refractivity contribution in [1.82, 2.24) is 0 Å². The van der Waals surface area contributed by atoms with E-state index in [1.54, 1.807) is 0 Å². The lowest BCUT2D eigenvalue weighted by molar-refractivity contribution is -0.612. The van der Waals surface area contributed by atoms with Crippen molar-refractivity contribution in [2.45, 2.75) is 101 Å². The highest BCUT2D eigenvalue weighted by atomic mass is 16.6. The van der Waals surface area contributed by atoms with Gasteiger partial charge in [-0.15, -0.1) is 0 Å². The lowest BCUT2D eigenvalue weighted by atomic mass is 9.33. The van der Waals surface area contributed by atoms with Crippen LogP contribution in [0.1, 0.15) is 77.3 Å². The van der Waals surface area contributed by atoms with Crippen molar-refractivity contribution in [3.8, 4) is 11.5 Å². The summed E-state index contributed by atoms with van der Waals surface area (Å²) in [5, 5.41) is 23.1. The summed E-state index contributed by atoms with van der Waals surface area (Å²) in [5.74, 6) is 1.65. The molecule has 184 valence electrons. The van der Waals surface area contributed by atoms with Crippen molar-refractivity contribution in [1.29, 1.82) is 0 Å². The van der Waals surface area contributed by atoms with E-state index in [0.717, 1.165) is 44.6 Å². The molecule has 2 spiro atoms. The summed E-state index contributed by atoms with van der Waals surface area (Å²) in [6.45, 7) is 9.51. The summed E-state index contributed by atoms with van der Waals surface area (Å²) in [4.78, 5) is 0. The van der Waals surface area contributed by atoms with Crippen LogP contribution in [0.5, 0.6) is 11.5 Å². The number of aromatic hydroxyl groups is 1. The van der Waals surface area contributed by atoms with Crippen LogP contribution in [0, 0.1) is 22.7 Å². The number of fused-ring (bicyclic) bond motifs is 2. The molecule has 5 nitrogen and oxygen atoms in total. The minimum atomic E-state index is -0.919. The van der Waals surface area contributed by atoms with Gasteiger partial charge in [0.2, 0.25) is 0 Å². The smallest absolute Gasteiger partial charge is 0.165 e. The summed E-state index contributed by atoms with van der Waals surface area (Å²) < 4.78 is 16.1. The third-order valence-corrected chi connectivity index (χ3v) is 11.6.